The van der Waals surface area contributed by atoms with E-state index < -0.39 is 0 Å². The molecule has 1 aromatic heterocycles. The van der Waals surface area contributed by atoms with Crippen LogP contribution in [0.1, 0.15) is 51.0 Å². The third kappa shape index (κ3) is 5.59. The van der Waals surface area contributed by atoms with E-state index in [1.165, 1.54) is 19.1 Å². The lowest BCUT2D eigenvalue weighted by Gasteiger charge is -2.30. The fourth-order valence-electron chi connectivity index (χ4n) is 3.99. The molecule has 2 fully saturated rings. The summed E-state index contributed by atoms with van der Waals surface area (Å²) >= 11 is 3.44. The van der Waals surface area contributed by atoms with Gasteiger partial charge in [0.05, 0.1) is 12.8 Å². The summed E-state index contributed by atoms with van der Waals surface area (Å²) in [4.78, 5) is 18.5. The zero-order valence-corrected chi connectivity index (χ0v) is 20.0. The maximum Gasteiger partial charge on any atom is 0.250 e. The van der Waals surface area contributed by atoms with Gasteiger partial charge in [0.1, 0.15) is 0 Å². The molecule has 0 amide bonds. The van der Waals surface area contributed by atoms with E-state index in [4.69, 9.17) is 9.72 Å². The number of hydrogen-bond acceptors (Lipinski definition) is 9. The van der Waals surface area contributed by atoms with Crippen molar-refractivity contribution in [1.29, 1.82) is 0 Å². The second-order valence-corrected chi connectivity index (χ2v) is 8.91. The van der Waals surface area contributed by atoms with Crippen LogP contribution in [0.15, 0.2) is 21.7 Å². The van der Waals surface area contributed by atoms with E-state index in [-0.39, 0.29) is 5.75 Å². The molecule has 0 radical (unpaired) electrons. The number of phenols is 1. The summed E-state index contributed by atoms with van der Waals surface area (Å²) in [6, 6.07) is 3.50. The third-order valence-electron chi connectivity index (χ3n) is 5.63. The minimum atomic E-state index is 0.0410. The molecule has 0 atom stereocenters. The molecule has 1 aromatic carbocycles. The normalized spacial score (nSPS) is 17.1. The fourth-order valence-corrected chi connectivity index (χ4v) is 4.45. The summed E-state index contributed by atoms with van der Waals surface area (Å²) in [5, 5.41) is 14.7. The first-order chi connectivity index (χ1) is 15.6. The predicted octanol–water partition coefficient (Wildman–Crippen LogP) is 4.17. The molecule has 2 saturated heterocycles. The van der Waals surface area contributed by atoms with Gasteiger partial charge in [-0.25, -0.2) is 5.43 Å². The highest BCUT2D eigenvalue weighted by atomic mass is 79.9. The molecule has 2 aliphatic heterocycles. The number of nitrogens with zero attached hydrogens (tertiary/aromatic N) is 6. The van der Waals surface area contributed by atoms with Gasteiger partial charge in [-0.1, -0.05) is 15.9 Å². The van der Waals surface area contributed by atoms with Crippen LogP contribution in [-0.4, -0.2) is 59.1 Å². The Morgan fingerprint density at radius 1 is 1.00 bits per heavy atom. The number of rotatable bonds is 7. The number of hydrogen-bond donors (Lipinski definition) is 2. The Bertz CT molecular complexity index is 908. The van der Waals surface area contributed by atoms with E-state index in [2.05, 4.69) is 46.2 Å². The first-order valence-corrected chi connectivity index (χ1v) is 12.1. The Morgan fingerprint density at radius 2 is 1.59 bits per heavy atom. The number of piperidine rings is 2. The van der Waals surface area contributed by atoms with Crippen molar-refractivity contribution in [2.45, 2.75) is 45.4 Å². The van der Waals surface area contributed by atoms with Gasteiger partial charge in [-0.15, -0.1) is 0 Å². The Kier molecular flexibility index (Phi) is 7.62. The van der Waals surface area contributed by atoms with Gasteiger partial charge in [-0.3, -0.25) is 0 Å². The van der Waals surface area contributed by atoms with E-state index in [1.54, 1.807) is 12.1 Å². The maximum atomic E-state index is 10.5. The molecule has 9 nitrogen and oxygen atoms in total. The predicted molar refractivity (Wildman–Crippen MR) is 130 cm³/mol. The van der Waals surface area contributed by atoms with Crippen LogP contribution in [0, 0.1) is 0 Å². The number of benzene rings is 1. The van der Waals surface area contributed by atoms with Crippen LogP contribution in [0.2, 0.25) is 0 Å². The van der Waals surface area contributed by atoms with Gasteiger partial charge < -0.3 is 19.6 Å². The van der Waals surface area contributed by atoms with Crippen LogP contribution in [0.5, 0.6) is 11.5 Å². The first kappa shape index (κ1) is 22.6. The Labute approximate surface area is 197 Å². The van der Waals surface area contributed by atoms with Gasteiger partial charge >= 0.3 is 0 Å². The lowest BCUT2D eigenvalue weighted by Crippen LogP contribution is -2.34. The van der Waals surface area contributed by atoms with Crippen LogP contribution >= 0.6 is 15.9 Å². The Morgan fingerprint density at radius 3 is 2.16 bits per heavy atom. The summed E-state index contributed by atoms with van der Waals surface area (Å²) in [5.74, 6) is 2.24. The maximum absolute atomic E-state index is 10.5. The summed E-state index contributed by atoms with van der Waals surface area (Å²) in [7, 11) is 0. The second-order valence-electron chi connectivity index (χ2n) is 8.00. The second kappa shape index (κ2) is 10.8. The van der Waals surface area contributed by atoms with Gasteiger partial charge in [0.2, 0.25) is 17.8 Å². The van der Waals surface area contributed by atoms with Gasteiger partial charge in [-0.2, -0.15) is 20.1 Å². The lowest BCUT2D eigenvalue weighted by atomic mass is 10.1. The minimum absolute atomic E-state index is 0.0410. The molecule has 2 N–H and O–H groups in total. The highest BCUT2D eigenvalue weighted by Gasteiger charge is 2.20. The Balaban J connectivity index is 1.57. The Hall–Kier alpha value is -2.62. The van der Waals surface area contributed by atoms with E-state index in [1.807, 2.05) is 6.92 Å². The SMILES string of the molecule is CCOc1cc(Br)cc(/C=N/Nc2nc(N3CCCCC3)nc(N3CCCCC3)n2)c1O. The molecule has 0 spiro atoms. The van der Waals surface area contributed by atoms with Crippen molar-refractivity contribution < 1.29 is 9.84 Å². The smallest absolute Gasteiger partial charge is 0.250 e. The summed E-state index contributed by atoms with van der Waals surface area (Å²) in [6.45, 7) is 6.16. The molecule has 3 heterocycles. The van der Waals surface area contributed by atoms with Crippen molar-refractivity contribution >= 4 is 40.0 Å². The average Bonchev–Trinajstić information content (AvgIpc) is 2.83. The molecule has 0 aliphatic carbocycles. The molecule has 32 heavy (non-hydrogen) atoms. The quantitative estimate of drug-likeness (QED) is 0.429. The third-order valence-corrected chi connectivity index (χ3v) is 6.08. The van der Waals surface area contributed by atoms with Gasteiger partial charge in [-0.05, 0) is 57.6 Å². The summed E-state index contributed by atoms with van der Waals surface area (Å²) in [5.41, 5.74) is 3.46. The van der Waals surface area contributed by atoms with Crippen molar-refractivity contribution in [2.75, 3.05) is 48.0 Å². The molecular formula is C22H30BrN7O2. The topological polar surface area (TPSA) is 99.0 Å². The van der Waals surface area contributed by atoms with Gasteiger partial charge in [0.15, 0.2) is 11.5 Å². The molecular weight excluding hydrogens is 474 g/mol. The number of anilines is 3. The number of aromatic hydroxyl groups is 1. The van der Waals surface area contributed by atoms with Crippen LogP contribution < -0.4 is 20.0 Å². The summed E-state index contributed by atoms with van der Waals surface area (Å²) in [6.07, 6.45) is 8.62. The van der Waals surface area contributed by atoms with Crippen molar-refractivity contribution in [3.8, 4) is 11.5 Å². The van der Waals surface area contributed by atoms with Crippen molar-refractivity contribution in [3.63, 3.8) is 0 Å². The minimum Gasteiger partial charge on any atom is -0.504 e. The van der Waals surface area contributed by atoms with Gasteiger partial charge in [0.25, 0.3) is 0 Å². The molecule has 0 unspecified atom stereocenters. The van der Waals surface area contributed by atoms with Crippen LogP contribution in [0.4, 0.5) is 17.8 Å². The number of nitrogens with one attached hydrogen (secondary N) is 1. The first-order valence-electron chi connectivity index (χ1n) is 11.3. The molecule has 172 valence electrons. The lowest BCUT2D eigenvalue weighted by molar-refractivity contribution is 0.317. The van der Waals surface area contributed by atoms with Gasteiger partial charge in [0, 0.05) is 36.2 Å². The van der Waals surface area contributed by atoms with E-state index in [0.29, 0.717) is 35.8 Å². The van der Waals surface area contributed by atoms with E-state index in [9.17, 15) is 5.11 Å². The average molecular weight is 504 g/mol. The fraction of sp³-hybridized carbons (Fsp3) is 0.545. The number of aromatic nitrogens is 3. The largest absolute Gasteiger partial charge is 0.504 e. The standard InChI is InChI=1S/C22H30BrN7O2/c1-2-32-18-14-17(23)13-16(19(18)31)15-24-28-20-25-21(29-9-5-3-6-10-29)27-22(26-20)30-11-7-4-8-12-30/h13-15,31H,2-12H2,1H3,(H,25,26,27,28)/b24-15+. The van der Waals surface area contributed by atoms with Crippen LogP contribution in [-0.2, 0) is 0 Å². The van der Waals surface area contributed by atoms with Crippen LogP contribution in [0.3, 0.4) is 0 Å². The zero-order chi connectivity index (χ0) is 22.3. The molecule has 2 aliphatic rings. The number of halogens is 1. The highest BCUT2D eigenvalue weighted by Crippen LogP contribution is 2.33. The zero-order valence-electron chi connectivity index (χ0n) is 18.4. The monoisotopic (exact) mass is 503 g/mol. The number of hydrazone groups is 1. The summed E-state index contributed by atoms with van der Waals surface area (Å²) < 4.78 is 6.27. The van der Waals surface area contributed by atoms with Crippen molar-refractivity contribution in [1.82, 2.24) is 15.0 Å². The molecule has 0 saturated carbocycles. The van der Waals surface area contributed by atoms with E-state index in [0.717, 1.165) is 56.3 Å². The van der Waals surface area contributed by atoms with Crippen molar-refractivity contribution in [3.05, 3.63) is 22.2 Å². The van der Waals surface area contributed by atoms with Crippen LogP contribution in [0.25, 0.3) is 0 Å². The highest BCUT2D eigenvalue weighted by molar-refractivity contribution is 9.10. The van der Waals surface area contributed by atoms with E-state index >= 15 is 0 Å². The molecule has 10 heteroatoms. The molecule has 2 aromatic rings. The molecule has 4 rings (SSSR count). The number of phenolic OH excluding ortho intramolecular Hbond substituents is 1. The number of ether oxygens (including phenoxy) is 1. The molecule has 0 bridgehead atoms. The van der Waals surface area contributed by atoms with Crippen molar-refractivity contribution in [2.24, 2.45) is 5.10 Å².